The van der Waals surface area contributed by atoms with Crippen LogP contribution in [-0.2, 0) is 0 Å². The van der Waals surface area contributed by atoms with Gasteiger partial charge in [-0.15, -0.1) is 10.8 Å². The van der Waals surface area contributed by atoms with Gasteiger partial charge in [-0.05, 0) is 59.7 Å². The van der Waals surface area contributed by atoms with Gasteiger partial charge in [0.05, 0.1) is 5.75 Å². The molecule has 0 spiro atoms. The quantitative estimate of drug-likeness (QED) is 0.494. The summed E-state index contributed by atoms with van der Waals surface area (Å²) in [5.74, 6) is 1.41. The summed E-state index contributed by atoms with van der Waals surface area (Å²) in [7, 11) is 3.28. The predicted molar refractivity (Wildman–Crippen MR) is 121 cm³/mol. The van der Waals surface area contributed by atoms with Gasteiger partial charge in [-0.2, -0.15) is 0 Å². The standard InChI is InChI=1S/C21H37N5O4S/c1-24(2)8-9-25(3)10-11-31(28,29)26-17-6-7-18(26)13-16(12-17)22-21(27)19-14-20(30-23-19)15-4-5-15/h14-18,28-29H,4-13H2,1-3H3,(H,22,27)/t16?,17-,18+. The molecule has 9 nitrogen and oxygen atoms in total. The van der Waals surface area contributed by atoms with Crippen LogP contribution in [0, 0.1) is 0 Å². The van der Waals surface area contributed by atoms with Crippen LogP contribution in [0.15, 0.2) is 10.6 Å². The van der Waals surface area contributed by atoms with E-state index in [0.29, 0.717) is 23.9 Å². The molecule has 1 aromatic rings. The Morgan fingerprint density at radius 3 is 2.45 bits per heavy atom. The smallest absolute Gasteiger partial charge is 0.273 e. The van der Waals surface area contributed by atoms with E-state index >= 15 is 0 Å². The zero-order chi connectivity index (χ0) is 22.2. The Labute approximate surface area is 186 Å². The van der Waals surface area contributed by atoms with Gasteiger partial charge in [0.25, 0.3) is 5.91 Å². The SMILES string of the molecule is CN(C)CCN(C)CCS(O)(O)N1[C@@H]2CC[C@H]1CC(NC(=O)c1cc(C3CC3)on1)C2. The van der Waals surface area contributed by atoms with Crippen LogP contribution in [0.4, 0.5) is 0 Å². The average Bonchev–Trinajstić information content (AvgIpc) is 3.37. The zero-order valence-corrected chi connectivity index (χ0v) is 19.7. The van der Waals surface area contributed by atoms with Crippen molar-refractivity contribution in [1.29, 1.82) is 0 Å². The number of amides is 1. The third-order valence-electron chi connectivity index (χ3n) is 6.76. The normalized spacial score (nSPS) is 27.3. The second-order valence-electron chi connectivity index (χ2n) is 9.72. The fraction of sp³-hybridized carbons (Fsp3) is 0.810. The van der Waals surface area contributed by atoms with Crippen molar-refractivity contribution in [3.63, 3.8) is 0 Å². The minimum Gasteiger partial charge on any atom is -0.360 e. The molecular weight excluding hydrogens is 418 g/mol. The van der Waals surface area contributed by atoms with Crippen molar-refractivity contribution in [2.24, 2.45) is 0 Å². The maximum absolute atomic E-state index is 12.6. The molecule has 3 aliphatic rings. The number of piperidine rings is 1. The van der Waals surface area contributed by atoms with Gasteiger partial charge in [-0.25, -0.2) is 4.31 Å². The predicted octanol–water partition coefficient (Wildman–Crippen LogP) is 2.44. The summed E-state index contributed by atoms with van der Waals surface area (Å²) in [4.78, 5) is 16.9. The average molecular weight is 456 g/mol. The highest BCUT2D eigenvalue weighted by molar-refractivity contribution is 8.22. The summed E-state index contributed by atoms with van der Waals surface area (Å²) < 4.78 is 29.2. The molecule has 4 rings (SSSR count). The van der Waals surface area contributed by atoms with Crippen molar-refractivity contribution in [2.45, 2.75) is 62.6 Å². The lowest BCUT2D eigenvalue weighted by molar-refractivity contribution is 0.0897. The molecule has 3 heterocycles. The summed E-state index contributed by atoms with van der Waals surface area (Å²) in [5, 5.41) is 7.04. The van der Waals surface area contributed by atoms with Crippen LogP contribution in [-0.4, -0.2) is 98.9 Å². The van der Waals surface area contributed by atoms with Crippen molar-refractivity contribution >= 4 is 16.7 Å². The van der Waals surface area contributed by atoms with Gasteiger partial charge >= 0.3 is 0 Å². The van der Waals surface area contributed by atoms with E-state index < -0.39 is 10.8 Å². The molecular formula is C21H37N5O4S. The van der Waals surface area contributed by atoms with E-state index in [1.54, 1.807) is 6.07 Å². The van der Waals surface area contributed by atoms with Gasteiger partial charge in [0.2, 0.25) is 0 Å². The zero-order valence-electron chi connectivity index (χ0n) is 18.9. The van der Waals surface area contributed by atoms with E-state index in [9.17, 15) is 13.9 Å². The van der Waals surface area contributed by atoms with Crippen molar-refractivity contribution < 1.29 is 18.4 Å². The molecule has 3 atom stereocenters. The van der Waals surface area contributed by atoms with Crippen molar-refractivity contribution in [3.05, 3.63) is 17.5 Å². The number of hydrogen-bond donors (Lipinski definition) is 3. The van der Waals surface area contributed by atoms with Crippen LogP contribution in [0.3, 0.4) is 0 Å². The number of nitrogens with zero attached hydrogens (tertiary/aromatic N) is 4. The second-order valence-corrected chi connectivity index (χ2v) is 11.8. The maximum atomic E-state index is 12.6. The third kappa shape index (κ3) is 5.61. The summed E-state index contributed by atoms with van der Waals surface area (Å²) >= 11 is 0. The van der Waals surface area contributed by atoms with Crippen LogP contribution in [0.1, 0.15) is 60.7 Å². The monoisotopic (exact) mass is 455 g/mol. The van der Waals surface area contributed by atoms with Crippen LogP contribution in [0.5, 0.6) is 0 Å². The first-order valence-electron chi connectivity index (χ1n) is 11.4. The third-order valence-corrected chi connectivity index (χ3v) is 8.76. The van der Waals surface area contributed by atoms with E-state index in [1.165, 1.54) is 0 Å². The molecule has 176 valence electrons. The lowest BCUT2D eigenvalue weighted by atomic mass is 9.99. The van der Waals surface area contributed by atoms with E-state index in [1.807, 2.05) is 25.4 Å². The Hall–Kier alpha value is -1.17. The molecule has 3 N–H and O–H groups in total. The number of likely N-dealkylation sites (N-methyl/N-ethyl adjacent to an activating group) is 2. The molecule has 2 aliphatic heterocycles. The molecule has 2 saturated heterocycles. The number of nitrogens with one attached hydrogen (secondary N) is 1. The first-order chi connectivity index (χ1) is 14.7. The molecule has 1 saturated carbocycles. The van der Waals surface area contributed by atoms with Crippen LogP contribution < -0.4 is 5.32 Å². The van der Waals surface area contributed by atoms with Crippen molar-refractivity contribution in [3.8, 4) is 0 Å². The second kappa shape index (κ2) is 9.36. The molecule has 0 radical (unpaired) electrons. The Kier molecular flexibility index (Phi) is 6.95. The number of hydrogen-bond acceptors (Lipinski definition) is 8. The van der Waals surface area contributed by atoms with Gasteiger partial charge in [0.1, 0.15) is 5.76 Å². The summed E-state index contributed by atoms with van der Waals surface area (Å²) in [6, 6.07) is 1.99. The van der Waals surface area contributed by atoms with Gasteiger partial charge in [-0.1, -0.05) is 5.16 Å². The Bertz CT molecular complexity index is 755. The van der Waals surface area contributed by atoms with Crippen LogP contribution >= 0.6 is 10.8 Å². The fourth-order valence-corrected chi connectivity index (χ4v) is 6.92. The number of aromatic nitrogens is 1. The lowest BCUT2D eigenvalue weighted by Gasteiger charge is -2.51. The van der Waals surface area contributed by atoms with Crippen molar-refractivity contribution in [1.82, 2.24) is 24.6 Å². The van der Waals surface area contributed by atoms with Gasteiger partial charge < -0.3 is 19.6 Å². The van der Waals surface area contributed by atoms with E-state index in [4.69, 9.17) is 4.52 Å². The number of carbonyl (C=O) groups is 1. The highest BCUT2D eigenvalue weighted by atomic mass is 32.3. The molecule has 1 aromatic heterocycles. The van der Waals surface area contributed by atoms with E-state index in [-0.39, 0.29) is 24.0 Å². The molecule has 31 heavy (non-hydrogen) atoms. The number of fused-ring (bicyclic) bond motifs is 2. The number of rotatable bonds is 10. The molecule has 3 fully saturated rings. The van der Waals surface area contributed by atoms with Gasteiger partial charge in [0, 0.05) is 49.7 Å². The fourth-order valence-electron chi connectivity index (χ4n) is 4.81. The summed E-state index contributed by atoms with van der Waals surface area (Å²) in [6.07, 6.45) is 5.58. The Morgan fingerprint density at radius 2 is 1.84 bits per heavy atom. The largest absolute Gasteiger partial charge is 0.360 e. The molecule has 1 unspecified atom stereocenters. The maximum Gasteiger partial charge on any atom is 0.273 e. The lowest BCUT2D eigenvalue weighted by Crippen LogP contribution is -2.51. The molecule has 2 bridgehead atoms. The summed E-state index contributed by atoms with van der Waals surface area (Å²) in [6.45, 7) is 2.50. The van der Waals surface area contributed by atoms with E-state index in [2.05, 4.69) is 20.3 Å². The molecule has 0 aromatic carbocycles. The first-order valence-corrected chi connectivity index (χ1v) is 13.1. The Balaban J connectivity index is 1.29. The molecule has 1 amide bonds. The van der Waals surface area contributed by atoms with Gasteiger partial charge in [-0.3, -0.25) is 13.9 Å². The minimum atomic E-state index is -2.82. The van der Waals surface area contributed by atoms with Crippen LogP contribution in [0.25, 0.3) is 0 Å². The molecule has 10 heteroatoms. The summed E-state index contributed by atoms with van der Waals surface area (Å²) in [5.41, 5.74) is 0.349. The van der Waals surface area contributed by atoms with Gasteiger partial charge in [0.15, 0.2) is 5.69 Å². The first kappa shape index (κ1) is 23.0. The molecule has 1 aliphatic carbocycles. The minimum absolute atomic E-state index is 0.0280. The highest BCUT2D eigenvalue weighted by Gasteiger charge is 2.47. The van der Waals surface area contributed by atoms with Crippen molar-refractivity contribution in [2.75, 3.05) is 46.5 Å². The van der Waals surface area contributed by atoms with E-state index in [0.717, 1.165) is 57.4 Å². The number of carbonyl (C=O) groups excluding carboxylic acids is 1. The van der Waals surface area contributed by atoms with Crippen LogP contribution in [0.2, 0.25) is 0 Å². The highest BCUT2D eigenvalue weighted by Crippen LogP contribution is 2.54. The topological polar surface area (TPSA) is 105 Å². The Morgan fingerprint density at radius 1 is 1.16 bits per heavy atom.